The summed E-state index contributed by atoms with van der Waals surface area (Å²) in [4.78, 5) is 28.2. The molecule has 0 spiro atoms. The van der Waals surface area contributed by atoms with Gasteiger partial charge in [0, 0.05) is 6.20 Å². The van der Waals surface area contributed by atoms with Gasteiger partial charge in [0.05, 0.1) is 18.4 Å². The summed E-state index contributed by atoms with van der Waals surface area (Å²) in [5, 5.41) is 21.9. The lowest BCUT2D eigenvalue weighted by Gasteiger charge is -2.19. The SMILES string of the molecule is CS(=O)(=O)O[C@@H]1[C@@H](O)[C@H](Nc2[nH]c(=O)ncc2C(N)=O)O[C@@H]1CO. The number of rotatable bonds is 6. The largest absolute Gasteiger partial charge is 0.394 e. The molecule has 1 fully saturated rings. The number of H-pyrrole nitrogens is 1. The van der Waals surface area contributed by atoms with Crippen LogP contribution in [0.4, 0.5) is 5.82 Å². The Labute approximate surface area is 135 Å². The molecule has 1 aliphatic rings. The maximum Gasteiger partial charge on any atom is 0.346 e. The number of nitrogens with one attached hydrogen (secondary N) is 2. The van der Waals surface area contributed by atoms with Crippen molar-refractivity contribution in [2.45, 2.75) is 24.5 Å². The first-order chi connectivity index (χ1) is 11.1. The second kappa shape index (κ2) is 6.82. The average Bonchev–Trinajstić information content (AvgIpc) is 2.74. The molecule has 1 amide bonds. The molecule has 0 aromatic carbocycles. The summed E-state index contributed by atoms with van der Waals surface area (Å²) in [6, 6.07) is 0. The van der Waals surface area contributed by atoms with Crippen LogP contribution in [-0.4, -0.2) is 71.9 Å². The van der Waals surface area contributed by atoms with Gasteiger partial charge in [-0.25, -0.2) is 9.78 Å². The van der Waals surface area contributed by atoms with E-state index in [1.807, 2.05) is 0 Å². The second-order valence-electron chi connectivity index (χ2n) is 5.02. The monoisotopic (exact) mass is 364 g/mol. The Bertz CT molecular complexity index is 778. The van der Waals surface area contributed by atoms with Crippen molar-refractivity contribution >= 4 is 21.8 Å². The van der Waals surface area contributed by atoms with E-state index in [-0.39, 0.29) is 11.4 Å². The number of nitrogens with zero attached hydrogens (tertiary/aromatic N) is 1. The summed E-state index contributed by atoms with van der Waals surface area (Å²) < 4.78 is 32.4. The van der Waals surface area contributed by atoms with Gasteiger partial charge in [0.2, 0.25) is 0 Å². The van der Waals surface area contributed by atoms with Crippen LogP contribution in [-0.2, 0) is 19.0 Å². The maximum absolute atomic E-state index is 11.3. The van der Waals surface area contributed by atoms with E-state index in [9.17, 15) is 28.2 Å². The van der Waals surface area contributed by atoms with Crippen molar-refractivity contribution in [2.24, 2.45) is 5.73 Å². The van der Waals surface area contributed by atoms with Crippen LogP contribution in [0.5, 0.6) is 0 Å². The van der Waals surface area contributed by atoms with Crippen LogP contribution in [0.3, 0.4) is 0 Å². The molecule has 6 N–H and O–H groups in total. The highest BCUT2D eigenvalue weighted by Gasteiger charge is 2.46. The minimum atomic E-state index is -3.93. The summed E-state index contributed by atoms with van der Waals surface area (Å²) in [6.45, 7) is -0.634. The highest BCUT2D eigenvalue weighted by Crippen LogP contribution is 2.26. The standard InChI is InChI=1S/C11H16N4O8S/c1-24(20,21)23-7-5(3-16)22-10(6(7)17)14-9-4(8(12)18)2-13-11(19)15-9/h2,5-7,10,16-17H,3H2,1H3,(H2,12,18)(H2,13,14,15,19)/t5-,6-,7+,10-/m1/s1. The Morgan fingerprint density at radius 1 is 1.58 bits per heavy atom. The lowest BCUT2D eigenvalue weighted by Crippen LogP contribution is -2.40. The van der Waals surface area contributed by atoms with Crippen LogP contribution in [0.25, 0.3) is 0 Å². The third-order valence-corrected chi connectivity index (χ3v) is 3.74. The predicted molar refractivity (Wildman–Crippen MR) is 78.5 cm³/mol. The molecular weight excluding hydrogens is 348 g/mol. The number of hydrogen-bond donors (Lipinski definition) is 5. The topological polar surface area (TPSA) is 194 Å². The normalized spacial score (nSPS) is 27.1. The van der Waals surface area contributed by atoms with Crippen molar-refractivity contribution in [1.82, 2.24) is 9.97 Å². The van der Waals surface area contributed by atoms with E-state index in [1.54, 1.807) is 0 Å². The van der Waals surface area contributed by atoms with Gasteiger partial charge in [-0.05, 0) is 0 Å². The Hall–Kier alpha value is -2.06. The van der Waals surface area contributed by atoms with Crippen molar-refractivity contribution in [1.29, 1.82) is 0 Å². The number of aliphatic hydroxyl groups excluding tert-OH is 2. The van der Waals surface area contributed by atoms with E-state index in [2.05, 4.69) is 15.3 Å². The van der Waals surface area contributed by atoms with E-state index in [1.165, 1.54) is 0 Å². The first-order valence-electron chi connectivity index (χ1n) is 6.60. The number of primary amides is 1. The third-order valence-electron chi connectivity index (χ3n) is 3.16. The number of carbonyl (C=O) groups is 1. The summed E-state index contributed by atoms with van der Waals surface area (Å²) in [5.74, 6) is -1.08. The van der Waals surface area contributed by atoms with E-state index in [0.29, 0.717) is 0 Å². The lowest BCUT2D eigenvalue weighted by molar-refractivity contribution is -0.00724. The number of ether oxygens (including phenoxy) is 1. The molecule has 0 radical (unpaired) electrons. The summed E-state index contributed by atoms with van der Waals surface area (Å²) in [7, 11) is -3.93. The number of amides is 1. The minimum absolute atomic E-state index is 0.178. The number of aromatic amines is 1. The lowest BCUT2D eigenvalue weighted by atomic mass is 10.1. The molecule has 4 atom stereocenters. The third kappa shape index (κ3) is 4.07. The zero-order valence-electron chi connectivity index (χ0n) is 12.4. The van der Waals surface area contributed by atoms with Gasteiger partial charge in [-0.15, -0.1) is 0 Å². The van der Waals surface area contributed by atoms with Gasteiger partial charge in [0.1, 0.15) is 24.1 Å². The summed E-state index contributed by atoms with van der Waals surface area (Å²) in [5.41, 5.74) is 4.17. The highest BCUT2D eigenvalue weighted by atomic mass is 32.2. The van der Waals surface area contributed by atoms with Crippen LogP contribution >= 0.6 is 0 Å². The number of aliphatic hydroxyl groups is 2. The van der Waals surface area contributed by atoms with Crippen LogP contribution in [0.2, 0.25) is 0 Å². The van der Waals surface area contributed by atoms with Crippen molar-refractivity contribution < 1.29 is 32.3 Å². The maximum atomic E-state index is 11.3. The molecule has 0 unspecified atom stereocenters. The number of aromatic nitrogens is 2. The summed E-state index contributed by atoms with van der Waals surface area (Å²) in [6.07, 6.45) is -3.65. The Kier molecular flexibility index (Phi) is 5.19. The van der Waals surface area contributed by atoms with Crippen molar-refractivity contribution in [2.75, 3.05) is 18.2 Å². The molecule has 12 nitrogen and oxygen atoms in total. The molecule has 13 heteroatoms. The van der Waals surface area contributed by atoms with Crippen molar-refractivity contribution in [3.8, 4) is 0 Å². The van der Waals surface area contributed by atoms with E-state index >= 15 is 0 Å². The predicted octanol–water partition coefficient (Wildman–Crippen LogP) is -3.30. The molecule has 134 valence electrons. The van der Waals surface area contributed by atoms with Crippen LogP contribution in [0.1, 0.15) is 10.4 Å². The van der Waals surface area contributed by atoms with Gasteiger partial charge >= 0.3 is 5.69 Å². The van der Waals surface area contributed by atoms with E-state index < -0.39 is 52.9 Å². The first kappa shape index (κ1) is 18.3. The molecule has 0 aliphatic carbocycles. The Morgan fingerprint density at radius 3 is 2.79 bits per heavy atom. The Morgan fingerprint density at radius 2 is 2.25 bits per heavy atom. The molecule has 2 heterocycles. The zero-order valence-corrected chi connectivity index (χ0v) is 13.2. The van der Waals surface area contributed by atoms with Gasteiger partial charge in [0.25, 0.3) is 16.0 Å². The van der Waals surface area contributed by atoms with Crippen molar-refractivity contribution in [3.05, 3.63) is 22.2 Å². The van der Waals surface area contributed by atoms with Crippen LogP contribution < -0.4 is 16.7 Å². The molecule has 1 aromatic heterocycles. The van der Waals surface area contributed by atoms with Crippen molar-refractivity contribution in [3.63, 3.8) is 0 Å². The fourth-order valence-electron chi connectivity index (χ4n) is 2.16. The number of anilines is 1. The molecule has 1 saturated heterocycles. The second-order valence-corrected chi connectivity index (χ2v) is 6.62. The number of hydrogen-bond acceptors (Lipinski definition) is 10. The molecule has 0 bridgehead atoms. The molecule has 24 heavy (non-hydrogen) atoms. The molecule has 2 rings (SSSR count). The quantitative estimate of drug-likeness (QED) is 0.319. The highest BCUT2D eigenvalue weighted by molar-refractivity contribution is 7.86. The van der Waals surface area contributed by atoms with E-state index in [4.69, 9.17) is 14.7 Å². The van der Waals surface area contributed by atoms with Crippen LogP contribution in [0, 0.1) is 0 Å². The smallest absolute Gasteiger partial charge is 0.346 e. The zero-order chi connectivity index (χ0) is 18.1. The molecule has 0 saturated carbocycles. The van der Waals surface area contributed by atoms with Crippen LogP contribution in [0.15, 0.2) is 11.0 Å². The van der Waals surface area contributed by atoms with Gasteiger partial charge in [-0.2, -0.15) is 8.42 Å². The van der Waals surface area contributed by atoms with E-state index in [0.717, 1.165) is 12.5 Å². The van der Waals surface area contributed by atoms with Gasteiger partial charge in [-0.3, -0.25) is 14.0 Å². The fraction of sp³-hybridized carbons (Fsp3) is 0.545. The summed E-state index contributed by atoms with van der Waals surface area (Å²) >= 11 is 0. The molecular formula is C11H16N4O8S. The van der Waals surface area contributed by atoms with Gasteiger partial charge in [0.15, 0.2) is 6.23 Å². The average molecular weight is 364 g/mol. The first-order valence-corrected chi connectivity index (χ1v) is 8.42. The molecule has 1 aliphatic heterocycles. The Balaban J connectivity index is 2.26. The molecule has 1 aromatic rings. The van der Waals surface area contributed by atoms with Gasteiger partial charge < -0.3 is 26.0 Å². The minimum Gasteiger partial charge on any atom is -0.394 e. The van der Waals surface area contributed by atoms with Gasteiger partial charge in [-0.1, -0.05) is 0 Å². The number of carbonyl (C=O) groups excluding carboxylic acids is 1. The number of nitrogens with two attached hydrogens (primary N) is 1. The fourth-order valence-corrected chi connectivity index (χ4v) is 2.80.